The zero-order chi connectivity index (χ0) is 12.3. The highest BCUT2D eigenvalue weighted by atomic mass is 32.1. The number of hydrogen-bond acceptors (Lipinski definition) is 3. The molecule has 5 heteroatoms. The van der Waals surface area contributed by atoms with Crippen LogP contribution in [-0.4, -0.2) is 11.1 Å². The van der Waals surface area contributed by atoms with Crippen LogP contribution in [0.5, 0.6) is 5.75 Å². The van der Waals surface area contributed by atoms with E-state index >= 15 is 0 Å². The van der Waals surface area contributed by atoms with Gasteiger partial charge < -0.3 is 9.84 Å². The summed E-state index contributed by atoms with van der Waals surface area (Å²) in [4.78, 5) is 10.9. The third-order valence-corrected chi connectivity index (χ3v) is 2.89. The van der Waals surface area contributed by atoms with E-state index in [4.69, 9.17) is 9.84 Å². The predicted octanol–water partition coefficient (Wildman–Crippen LogP) is 3.16. The first kappa shape index (κ1) is 11.6. The Balaban J connectivity index is 2.22. The van der Waals surface area contributed by atoms with Crippen LogP contribution in [0.15, 0.2) is 35.0 Å². The van der Waals surface area contributed by atoms with Gasteiger partial charge in [-0.25, -0.2) is 9.18 Å². The zero-order valence-corrected chi connectivity index (χ0v) is 9.54. The molecule has 1 aromatic carbocycles. The van der Waals surface area contributed by atoms with Gasteiger partial charge in [-0.2, -0.15) is 11.3 Å². The van der Waals surface area contributed by atoms with Gasteiger partial charge in [0.1, 0.15) is 12.2 Å². The Kier molecular flexibility index (Phi) is 3.39. The fourth-order valence-electron chi connectivity index (χ4n) is 1.35. The van der Waals surface area contributed by atoms with Crippen molar-refractivity contribution in [3.05, 3.63) is 52.0 Å². The fourth-order valence-corrected chi connectivity index (χ4v) is 2.01. The van der Waals surface area contributed by atoms with Gasteiger partial charge in [0, 0.05) is 0 Å². The van der Waals surface area contributed by atoms with Crippen LogP contribution in [0.1, 0.15) is 15.9 Å². The number of rotatable bonds is 4. The molecule has 0 saturated heterocycles. The van der Waals surface area contributed by atoms with Gasteiger partial charge in [-0.05, 0) is 34.5 Å². The second-order valence-corrected chi connectivity index (χ2v) is 4.12. The van der Waals surface area contributed by atoms with E-state index in [1.807, 2.05) is 16.8 Å². The largest absolute Gasteiger partial charge is 0.485 e. The molecule has 0 aliphatic rings. The maximum absolute atomic E-state index is 13.5. The van der Waals surface area contributed by atoms with E-state index in [1.54, 1.807) is 0 Å². The summed E-state index contributed by atoms with van der Waals surface area (Å²) in [5.41, 5.74) is 0.717. The third-order valence-electron chi connectivity index (χ3n) is 2.16. The lowest BCUT2D eigenvalue weighted by molar-refractivity contribution is 0.0690. The molecule has 17 heavy (non-hydrogen) atoms. The molecular formula is C12H9FO3S. The van der Waals surface area contributed by atoms with Gasteiger partial charge in [-0.3, -0.25) is 0 Å². The topological polar surface area (TPSA) is 46.5 Å². The minimum Gasteiger partial charge on any atom is -0.485 e. The molecule has 0 aliphatic heterocycles. The molecule has 1 heterocycles. The van der Waals surface area contributed by atoms with Crippen molar-refractivity contribution in [2.45, 2.75) is 6.61 Å². The highest BCUT2D eigenvalue weighted by molar-refractivity contribution is 7.07. The van der Waals surface area contributed by atoms with E-state index in [0.29, 0.717) is 0 Å². The maximum atomic E-state index is 13.5. The Morgan fingerprint density at radius 3 is 2.88 bits per heavy atom. The standard InChI is InChI=1S/C12H9FO3S/c13-10-3-1-2-9(12(14)15)11(10)16-6-8-4-5-17-7-8/h1-5,7H,6H2,(H,14,15). The van der Waals surface area contributed by atoms with E-state index in [0.717, 1.165) is 5.56 Å². The fraction of sp³-hybridized carbons (Fsp3) is 0.0833. The van der Waals surface area contributed by atoms with Crippen molar-refractivity contribution < 1.29 is 19.0 Å². The molecule has 2 rings (SSSR count). The number of carboxylic acid groups (broad SMARTS) is 1. The Hall–Kier alpha value is -1.88. The number of halogens is 1. The van der Waals surface area contributed by atoms with E-state index in [9.17, 15) is 9.18 Å². The molecule has 0 radical (unpaired) electrons. The molecule has 0 saturated carbocycles. The SMILES string of the molecule is O=C(O)c1cccc(F)c1OCc1ccsc1. The molecule has 88 valence electrons. The predicted molar refractivity (Wildman–Crippen MR) is 62.0 cm³/mol. The molecule has 3 nitrogen and oxygen atoms in total. The summed E-state index contributed by atoms with van der Waals surface area (Å²) < 4.78 is 18.7. The van der Waals surface area contributed by atoms with E-state index in [1.165, 1.54) is 29.5 Å². The Bertz CT molecular complexity index is 523. The molecule has 1 aromatic heterocycles. The molecule has 0 atom stereocenters. The van der Waals surface area contributed by atoms with Crippen LogP contribution in [0.4, 0.5) is 4.39 Å². The molecule has 0 fully saturated rings. The quantitative estimate of drug-likeness (QED) is 0.909. The number of carboxylic acids is 1. The first-order valence-corrected chi connectivity index (χ1v) is 5.78. The smallest absolute Gasteiger partial charge is 0.339 e. The number of hydrogen-bond donors (Lipinski definition) is 1. The van der Waals surface area contributed by atoms with E-state index in [2.05, 4.69) is 0 Å². The van der Waals surface area contributed by atoms with Crippen molar-refractivity contribution in [1.82, 2.24) is 0 Å². The number of carbonyl (C=O) groups is 1. The van der Waals surface area contributed by atoms with Crippen LogP contribution in [0, 0.1) is 5.82 Å². The highest BCUT2D eigenvalue weighted by Crippen LogP contribution is 2.24. The van der Waals surface area contributed by atoms with Gasteiger partial charge in [0.25, 0.3) is 0 Å². The Morgan fingerprint density at radius 2 is 2.24 bits per heavy atom. The summed E-state index contributed by atoms with van der Waals surface area (Å²) in [5.74, 6) is -2.09. The summed E-state index contributed by atoms with van der Waals surface area (Å²) >= 11 is 1.50. The van der Waals surface area contributed by atoms with E-state index in [-0.39, 0.29) is 17.9 Å². The second-order valence-electron chi connectivity index (χ2n) is 3.34. The van der Waals surface area contributed by atoms with Crippen molar-refractivity contribution in [1.29, 1.82) is 0 Å². The minimum atomic E-state index is -1.20. The number of ether oxygens (including phenoxy) is 1. The van der Waals surface area contributed by atoms with Crippen molar-refractivity contribution in [2.75, 3.05) is 0 Å². The highest BCUT2D eigenvalue weighted by Gasteiger charge is 2.15. The minimum absolute atomic E-state index is 0.157. The first-order chi connectivity index (χ1) is 8.18. The number of aromatic carboxylic acids is 1. The summed E-state index contributed by atoms with van der Waals surface area (Å²) in [5, 5.41) is 12.6. The zero-order valence-electron chi connectivity index (χ0n) is 8.72. The Morgan fingerprint density at radius 1 is 1.41 bits per heavy atom. The van der Waals surface area contributed by atoms with Gasteiger partial charge in [0.05, 0.1) is 0 Å². The molecule has 0 aliphatic carbocycles. The van der Waals surface area contributed by atoms with E-state index < -0.39 is 11.8 Å². The summed E-state index contributed by atoms with van der Waals surface area (Å²) in [6.45, 7) is 0.157. The molecule has 0 bridgehead atoms. The normalized spacial score (nSPS) is 10.2. The number of thiophene rings is 1. The van der Waals surface area contributed by atoms with Crippen LogP contribution in [-0.2, 0) is 6.61 Å². The summed E-state index contributed by atoms with van der Waals surface area (Å²) in [7, 11) is 0. The van der Waals surface area contributed by atoms with Crippen LogP contribution >= 0.6 is 11.3 Å². The average Bonchev–Trinajstić information content (AvgIpc) is 2.80. The van der Waals surface area contributed by atoms with Gasteiger partial charge in [-0.1, -0.05) is 6.07 Å². The van der Waals surface area contributed by atoms with Gasteiger partial charge in [-0.15, -0.1) is 0 Å². The van der Waals surface area contributed by atoms with Crippen LogP contribution < -0.4 is 4.74 Å². The summed E-state index contributed by atoms with van der Waals surface area (Å²) in [6, 6.07) is 5.67. The number of benzene rings is 1. The third kappa shape index (κ3) is 2.62. The molecule has 1 N–H and O–H groups in total. The molecule has 0 amide bonds. The lowest BCUT2D eigenvalue weighted by atomic mass is 10.2. The van der Waals surface area contributed by atoms with Crippen molar-refractivity contribution in [3.63, 3.8) is 0 Å². The number of para-hydroxylation sites is 1. The second kappa shape index (κ2) is 4.97. The van der Waals surface area contributed by atoms with Crippen LogP contribution in [0.3, 0.4) is 0 Å². The average molecular weight is 252 g/mol. The molecule has 0 unspecified atom stereocenters. The monoisotopic (exact) mass is 252 g/mol. The molecule has 2 aromatic rings. The van der Waals surface area contributed by atoms with Gasteiger partial charge >= 0.3 is 5.97 Å². The lowest BCUT2D eigenvalue weighted by Crippen LogP contribution is -2.04. The Labute approximate surface area is 101 Å². The van der Waals surface area contributed by atoms with Gasteiger partial charge in [0.15, 0.2) is 11.6 Å². The van der Waals surface area contributed by atoms with Gasteiger partial charge in [0.2, 0.25) is 0 Å². The maximum Gasteiger partial charge on any atom is 0.339 e. The van der Waals surface area contributed by atoms with Crippen LogP contribution in [0.2, 0.25) is 0 Å². The van der Waals surface area contributed by atoms with Crippen molar-refractivity contribution >= 4 is 17.3 Å². The van der Waals surface area contributed by atoms with Crippen LogP contribution in [0.25, 0.3) is 0 Å². The molecular weight excluding hydrogens is 243 g/mol. The molecule has 0 spiro atoms. The summed E-state index contributed by atoms with van der Waals surface area (Å²) in [6.07, 6.45) is 0. The first-order valence-electron chi connectivity index (χ1n) is 4.84. The van der Waals surface area contributed by atoms with Crippen molar-refractivity contribution in [3.8, 4) is 5.75 Å². The lowest BCUT2D eigenvalue weighted by Gasteiger charge is -2.08. The van der Waals surface area contributed by atoms with Crippen molar-refractivity contribution in [2.24, 2.45) is 0 Å².